The molecule has 27 heavy (non-hydrogen) atoms. The van der Waals surface area contributed by atoms with E-state index in [0.29, 0.717) is 22.9 Å². The van der Waals surface area contributed by atoms with Crippen molar-refractivity contribution in [1.82, 2.24) is 4.90 Å². The Morgan fingerprint density at radius 1 is 1.04 bits per heavy atom. The van der Waals surface area contributed by atoms with Gasteiger partial charge in [0, 0.05) is 13.1 Å². The number of para-hydroxylation sites is 2. The molecule has 0 radical (unpaired) electrons. The first kappa shape index (κ1) is 19.0. The maximum absolute atomic E-state index is 12.9. The zero-order valence-electron chi connectivity index (χ0n) is 15.9. The molecular weight excluding hydrogens is 340 g/mol. The second kappa shape index (κ2) is 8.71. The number of ether oxygens (including phenoxy) is 1. The fourth-order valence-electron chi connectivity index (χ4n) is 3.15. The highest BCUT2D eigenvalue weighted by molar-refractivity contribution is 6.04. The van der Waals surface area contributed by atoms with E-state index in [1.165, 1.54) is 0 Å². The van der Waals surface area contributed by atoms with Crippen LogP contribution in [0.5, 0.6) is 5.75 Å². The van der Waals surface area contributed by atoms with Crippen LogP contribution in [0, 0.1) is 5.92 Å². The molecule has 0 saturated carbocycles. The highest BCUT2D eigenvalue weighted by atomic mass is 16.5. The summed E-state index contributed by atoms with van der Waals surface area (Å²) < 4.78 is 5.67. The van der Waals surface area contributed by atoms with Gasteiger partial charge in [0.2, 0.25) is 0 Å². The molecule has 2 aromatic rings. The summed E-state index contributed by atoms with van der Waals surface area (Å²) in [5.74, 6) is 0.965. The van der Waals surface area contributed by atoms with E-state index in [4.69, 9.17) is 4.74 Å². The van der Waals surface area contributed by atoms with Crippen LogP contribution in [-0.2, 0) is 4.79 Å². The molecule has 1 N–H and O–H groups in total. The summed E-state index contributed by atoms with van der Waals surface area (Å²) in [7, 11) is 0. The number of benzene rings is 2. The van der Waals surface area contributed by atoms with Crippen LogP contribution in [0.1, 0.15) is 37.0 Å². The van der Waals surface area contributed by atoms with E-state index >= 15 is 0 Å². The Kier molecular flexibility index (Phi) is 6.12. The van der Waals surface area contributed by atoms with Crippen molar-refractivity contribution in [2.45, 2.75) is 32.8 Å². The molecule has 1 unspecified atom stereocenters. The van der Waals surface area contributed by atoms with Gasteiger partial charge in [0.15, 0.2) is 6.10 Å². The van der Waals surface area contributed by atoms with Crippen molar-refractivity contribution in [3.05, 3.63) is 60.2 Å². The number of amides is 2. The average molecular weight is 366 g/mol. The van der Waals surface area contributed by atoms with Crippen molar-refractivity contribution in [2.75, 3.05) is 18.4 Å². The molecule has 0 aromatic heterocycles. The summed E-state index contributed by atoms with van der Waals surface area (Å²) >= 11 is 0. The first-order valence-electron chi connectivity index (χ1n) is 9.45. The van der Waals surface area contributed by atoms with Crippen LogP contribution in [0.4, 0.5) is 5.69 Å². The van der Waals surface area contributed by atoms with Gasteiger partial charge in [-0.25, -0.2) is 0 Å². The summed E-state index contributed by atoms with van der Waals surface area (Å²) in [6.07, 6.45) is 1.36. The average Bonchev–Trinajstić information content (AvgIpc) is 2.69. The minimum atomic E-state index is -0.675. The van der Waals surface area contributed by atoms with Crippen LogP contribution in [0.2, 0.25) is 0 Å². The monoisotopic (exact) mass is 366 g/mol. The Morgan fingerprint density at radius 3 is 2.37 bits per heavy atom. The second-order valence-electron chi connectivity index (χ2n) is 7.08. The molecule has 2 aromatic carbocycles. The SMILES string of the molecule is CC1CCN(C(=O)c2ccccc2NC(=O)C(C)Oc2ccccc2)CC1. The van der Waals surface area contributed by atoms with Gasteiger partial charge in [-0.3, -0.25) is 9.59 Å². The van der Waals surface area contributed by atoms with E-state index in [1.54, 1.807) is 31.2 Å². The van der Waals surface area contributed by atoms with Crippen LogP contribution in [-0.4, -0.2) is 35.9 Å². The van der Waals surface area contributed by atoms with Crippen molar-refractivity contribution in [3.63, 3.8) is 0 Å². The fraction of sp³-hybridized carbons (Fsp3) is 0.364. The van der Waals surface area contributed by atoms with Crippen molar-refractivity contribution in [1.29, 1.82) is 0 Å². The van der Waals surface area contributed by atoms with E-state index in [0.717, 1.165) is 25.9 Å². The molecule has 142 valence electrons. The van der Waals surface area contributed by atoms with Crippen LogP contribution >= 0.6 is 0 Å². The smallest absolute Gasteiger partial charge is 0.265 e. The van der Waals surface area contributed by atoms with Gasteiger partial charge in [0.25, 0.3) is 11.8 Å². The lowest BCUT2D eigenvalue weighted by molar-refractivity contribution is -0.122. The third kappa shape index (κ3) is 4.88. The van der Waals surface area contributed by atoms with Gasteiger partial charge in [-0.1, -0.05) is 37.3 Å². The highest BCUT2D eigenvalue weighted by Gasteiger charge is 2.24. The minimum absolute atomic E-state index is 0.0329. The maximum Gasteiger partial charge on any atom is 0.265 e. The van der Waals surface area contributed by atoms with Gasteiger partial charge >= 0.3 is 0 Å². The summed E-state index contributed by atoms with van der Waals surface area (Å²) in [5.41, 5.74) is 1.04. The lowest BCUT2D eigenvalue weighted by Gasteiger charge is -2.31. The Hall–Kier alpha value is -2.82. The third-order valence-electron chi connectivity index (χ3n) is 4.91. The second-order valence-corrected chi connectivity index (χ2v) is 7.08. The fourth-order valence-corrected chi connectivity index (χ4v) is 3.15. The van der Waals surface area contributed by atoms with E-state index in [-0.39, 0.29) is 11.8 Å². The molecule has 1 saturated heterocycles. The number of piperidine rings is 1. The van der Waals surface area contributed by atoms with Crippen LogP contribution in [0.3, 0.4) is 0 Å². The molecule has 0 spiro atoms. The van der Waals surface area contributed by atoms with E-state index < -0.39 is 6.10 Å². The molecule has 1 aliphatic rings. The summed E-state index contributed by atoms with van der Waals surface area (Å²) in [5, 5.41) is 2.85. The number of hydrogen-bond donors (Lipinski definition) is 1. The van der Waals surface area contributed by atoms with Gasteiger partial charge in [0.05, 0.1) is 11.3 Å². The number of hydrogen-bond acceptors (Lipinski definition) is 3. The van der Waals surface area contributed by atoms with Crippen molar-refractivity contribution >= 4 is 17.5 Å². The molecule has 0 aliphatic carbocycles. The van der Waals surface area contributed by atoms with Crippen LogP contribution in [0.15, 0.2) is 54.6 Å². The Bertz CT molecular complexity index is 783. The highest BCUT2D eigenvalue weighted by Crippen LogP contribution is 2.22. The van der Waals surface area contributed by atoms with E-state index in [1.807, 2.05) is 35.2 Å². The summed E-state index contributed by atoms with van der Waals surface area (Å²) in [6.45, 7) is 5.43. The predicted molar refractivity (Wildman–Crippen MR) is 106 cm³/mol. The number of nitrogens with one attached hydrogen (secondary N) is 1. The normalized spacial score (nSPS) is 15.9. The standard InChI is InChI=1S/C22H26N2O3/c1-16-12-14-24(15-13-16)22(26)19-10-6-7-11-20(19)23-21(25)17(2)27-18-8-4-3-5-9-18/h3-11,16-17H,12-15H2,1-2H3,(H,23,25). The number of anilines is 1. The van der Waals surface area contributed by atoms with Crippen molar-refractivity contribution in [2.24, 2.45) is 5.92 Å². The Balaban J connectivity index is 1.68. The topological polar surface area (TPSA) is 58.6 Å². The van der Waals surface area contributed by atoms with E-state index in [9.17, 15) is 9.59 Å². The largest absolute Gasteiger partial charge is 0.481 e. The van der Waals surface area contributed by atoms with Gasteiger partial charge in [-0.05, 0) is 49.9 Å². The number of rotatable bonds is 5. The molecule has 5 heteroatoms. The minimum Gasteiger partial charge on any atom is -0.481 e. The van der Waals surface area contributed by atoms with Crippen LogP contribution in [0.25, 0.3) is 0 Å². The van der Waals surface area contributed by atoms with E-state index in [2.05, 4.69) is 12.2 Å². The van der Waals surface area contributed by atoms with Crippen molar-refractivity contribution < 1.29 is 14.3 Å². The van der Waals surface area contributed by atoms with Crippen LogP contribution < -0.4 is 10.1 Å². The molecule has 2 amide bonds. The molecule has 1 aliphatic heterocycles. The van der Waals surface area contributed by atoms with Gasteiger partial charge < -0.3 is 15.0 Å². The molecule has 1 heterocycles. The molecule has 3 rings (SSSR count). The molecule has 5 nitrogen and oxygen atoms in total. The first-order valence-corrected chi connectivity index (χ1v) is 9.45. The van der Waals surface area contributed by atoms with Gasteiger partial charge in [0.1, 0.15) is 5.75 Å². The third-order valence-corrected chi connectivity index (χ3v) is 4.91. The maximum atomic E-state index is 12.9. The number of carbonyl (C=O) groups excluding carboxylic acids is 2. The molecule has 0 bridgehead atoms. The number of likely N-dealkylation sites (tertiary alicyclic amines) is 1. The van der Waals surface area contributed by atoms with Gasteiger partial charge in [-0.2, -0.15) is 0 Å². The molecule has 1 fully saturated rings. The zero-order chi connectivity index (χ0) is 19.2. The summed E-state index contributed by atoms with van der Waals surface area (Å²) in [4.78, 5) is 27.3. The molecular formula is C22H26N2O3. The number of nitrogens with zero attached hydrogens (tertiary/aromatic N) is 1. The predicted octanol–water partition coefficient (Wildman–Crippen LogP) is 3.96. The number of carbonyl (C=O) groups is 2. The first-order chi connectivity index (χ1) is 13.0. The van der Waals surface area contributed by atoms with Crippen molar-refractivity contribution in [3.8, 4) is 5.75 Å². The zero-order valence-corrected chi connectivity index (χ0v) is 15.9. The Morgan fingerprint density at radius 2 is 1.67 bits per heavy atom. The quantitative estimate of drug-likeness (QED) is 0.871. The van der Waals surface area contributed by atoms with Gasteiger partial charge in [-0.15, -0.1) is 0 Å². The summed E-state index contributed by atoms with van der Waals surface area (Å²) in [6, 6.07) is 16.4. The lowest BCUT2D eigenvalue weighted by atomic mass is 9.98. The molecule has 1 atom stereocenters. The Labute approximate surface area is 160 Å². The lowest BCUT2D eigenvalue weighted by Crippen LogP contribution is -2.38.